The largest absolute Gasteiger partial charge is 0.418 e. The summed E-state index contributed by atoms with van der Waals surface area (Å²) in [7, 11) is -2.11. The zero-order valence-corrected chi connectivity index (χ0v) is 23.8. The van der Waals surface area contributed by atoms with Crippen molar-refractivity contribution in [3.63, 3.8) is 0 Å². The first-order valence-corrected chi connectivity index (χ1v) is 14.7. The number of alkyl halides is 6. The SMILES string of the molecule is CC(C)[Si](C(C)C)(C(C)C)n1ccc2c(C(F)(F)F)ccnc21.FC(F)(F)c1c(Br)cnc2[nH]ccc12. The van der Waals surface area contributed by atoms with E-state index in [1.807, 2.05) is 6.20 Å². The molecule has 4 heterocycles. The van der Waals surface area contributed by atoms with Gasteiger partial charge in [-0.1, -0.05) is 41.5 Å². The van der Waals surface area contributed by atoms with Gasteiger partial charge in [-0.3, -0.25) is 0 Å². The Morgan fingerprint density at radius 1 is 0.838 bits per heavy atom. The Morgan fingerprint density at radius 2 is 1.43 bits per heavy atom. The zero-order valence-electron chi connectivity index (χ0n) is 21.3. The number of pyridine rings is 2. The Hall–Kier alpha value is -2.34. The van der Waals surface area contributed by atoms with E-state index in [2.05, 4.69) is 76.7 Å². The summed E-state index contributed by atoms with van der Waals surface area (Å²) < 4.78 is 79.6. The summed E-state index contributed by atoms with van der Waals surface area (Å²) in [6.07, 6.45) is -3.05. The molecule has 4 rings (SSSR count). The van der Waals surface area contributed by atoms with E-state index >= 15 is 0 Å². The van der Waals surface area contributed by atoms with Crippen LogP contribution in [0.1, 0.15) is 52.7 Å². The molecule has 0 atom stereocenters. The van der Waals surface area contributed by atoms with Crippen LogP contribution >= 0.6 is 15.9 Å². The van der Waals surface area contributed by atoms with Gasteiger partial charge < -0.3 is 9.22 Å². The number of halogens is 7. The lowest BCUT2D eigenvalue weighted by molar-refractivity contribution is -0.137. The molecule has 4 nitrogen and oxygen atoms in total. The number of hydrogen-bond donors (Lipinski definition) is 1. The van der Waals surface area contributed by atoms with Crippen LogP contribution in [0.2, 0.25) is 16.6 Å². The maximum Gasteiger partial charge on any atom is 0.418 e. The molecule has 0 saturated heterocycles. The minimum atomic E-state index is -4.37. The van der Waals surface area contributed by atoms with E-state index in [0.29, 0.717) is 22.3 Å². The molecule has 4 aromatic rings. The van der Waals surface area contributed by atoms with Crippen molar-refractivity contribution in [1.29, 1.82) is 0 Å². The van der Waals surface area contributed by atoms with Crippen LogP contribution in [0.3, 0.4) is 0 Å². The molecule has 0 aliphatic carbocycles. The lowest BCUT2D eigenvalue weighted by Gasteiger charge is -2.44. The van der Waals surface area contributed by atoms with Gasteiger partial charge in [-0.25, -0.2) is 9.97 Å². The maximum absolute atomic E-state index is 13.3. The lowest BCUT2D eigenvalue weighted by Crippen LogP contribution is -2.51. The van der Waals surface area contributed by atoms with E-state index in [4.69, 9.17) is 0 Å². The van der Waals surface area contributed by atoms with Crippen molar-refractivity contribution in [2.45, 2.75) is 70.5 Å². The number of hydrogen-bond acceptors (Lipinski definition) is 2. The van der Waals surface area contributed by atoms with Gasteiger partial charge in [-0.2, -0.15) is 26.3 Å². The Kier molecular flexibility index (Phi) is 8.24. The molecule has 1 N–H and O–H groups in total. The van der Waals surface area contributed by atoms with Crippen LogP contribution in [0.25, 0.3) is 22.1 Å². The molecule has 0 aliphatic heterocycles. The molecule has 0 radical (unpaired) electrons. The second kappa shape index (κ2) is 10.4. The van der Waals surface area contributed by atoms with Gasteiger partial charge in [0.2, 0.25) is 0 Å². The number of fused-ring (bicyclic) bond motifs is 2. The Balaban J connectivity index is 0.000000231. The highest BCUT2D eigenvalue weighted by molar-refractivity contribution is 9.10. The van der Waals surface area contributed by atoms with Crippen LogP contribution in [-0.4, -0.2) is 27.4 Å². The molecule has 202 valence electrons. The molecule has 0 amide bonds. The molecule has 0 aliphatic rings. The Morgan fingerprint density at radius 3 is 1.95 bits per heavy atom. The number of rotatable bonds is 4. The van der Waals surface area contributed by atoms with E-state index in [1.54, 1.807) is 6.07 Å². The monoisotopic (exact) mass is 606 g/mol. The van der Waals surface area contributed by atoms with Gasteiger partial charge in [-0.15, -0.1) is 0 Å². The minimum Gasteiger partial charge on any atom is -0.359 e. The van der Waals surface area contributed by atoms with Crippen molar-refractivity contribution < 1.29 is 26.3 Å². The third-order valence-electron chi connectivity index (χ3n) is 6.91. The summed E-state index contributed by atoms with van der Waals surface area (Å²) in [4.78, 5) is 10.8. The fourth-order valence-corrected chi connectivity index (χ4v) is 12.8. The quantitative estimate of drug-likeness (QED) is 0.186. The molecule has 4 aromatic heterocycles. The number of nitrogens with one attached hydrogen (secondary N) is 1. The highest BCUT2D eigenvalue weighted by Gasteiger charge is 2.46. The lowest BCUT2D eigenvalue weighted by atomic mass is 10.2. The number of aromatic nitrogens is 4. The van der Waals surface area contributed by atoms with Crippen LogP contribution in [0.4, 0.5) is 26.3 Å². The summed E-state index contributed by atoms with van der Waals surface area (Å²) in [6.45, 7) is 13.1. The van der Waals surface area contributed by atoms with Gasteiger partial charge in [0, 0.05) is 33.8 Å². The van der Waals surface area contributed by atoms with E-state index in [1.165, 1.54) is 18.5 Å². The molecule has 0 unspecified atom stereocenters. The summed E-state index contributed by atoms with van der Waals surface area (Å²) >= 11 is 2.84. The molecule has 0 fully saturated rings. The number of nitrogens with zero attached hydrogens (tertiary/aromatic N) is 3. The molecule has 0 spiro atoms. The fraction of sp³-hybridized carbons (Fsp3) is 0.440. The van der Waals surface area contributed by atoms with E-state index in [9.17, 15) is 26.3 Å². The second-order valence-electron chi connectivity index (χ2n) is 9.85. The van der Waals surface area contributed by atoms with Crippen molar-refractivity contribution >= 4 is 46.2 Å². The van der Waals surface area contributed by atoms with Crippen molar-refractivity contribution in [3.05, 3.63) is 58.6 Å². The third kappa shape index (κ3) is 5.32. The maximum atomic E-state index is 13.3. The molecule has 0 bridgehead atoms. The average molecular weight is 608 g/mol. The smallest absolute Gasteiger partial charge is 0.359 e. The molecule has 0 aromatic carbocycles. The topological polar surface area (TPSA) is 46.5 Å². The first-order valence-electron chi connectivity index (χ1n) is 11.8. The summed E-state index contributed by atoms with van der Waals surface area (Å²) in [5.41, 5.74) is 0.616. The van der Waals surface area contributed by atoms with Gasteiger partial charge >= 0.3 is 12.4 Å². The highest BCUT2D eigenvalue weighted by Crippen LogP contribution is 2.45. The Bertz CT molecular complexity index is 1350. The molecule has 12 heteroatoms. The highest BCUT2D eigenvalue weighted by atomic mass is 79.9. The van der Waals surface area contributed by atoms with E-state index in [0.717, 1.165) is 12.3 Å². The molecule has 0 saturated carbocycles. The van der Waals surface area contributed by atoms with Gasteiger partial charge in [0.15, 0.2) is 8.24 Å². The van der Waals surface area contributed by atoms with Crippen LogP contribution < -0.4 is 0 Å². The second-order valence-corrected chi connectivity index (χ2v) is 16.4. The predicted molar refractivity (Wildman–Crippen MR) is 140 cm³/mol. The summed E-state index contributed by atoms with van der Waals surface area (Å²) in [6, 6.07) is 4.01. The predicted octanol–water partition coefficient (Wildman–Crippen LogP) is 9.42. The van der Waals surface area contributed by atoms with Gasteiger partial charge in [0.05, 0.1) is 11.1 Å². The van der Waals surface area contributed by atoms with Gasteiger partial charge in [0.1, 0.15) is 11.3 Å². The van der Waals surface area contributed by atoms with Crippen molar-refractivity contribution in [2.24, 2.45) is 0 Å². The normalized spacial score (nSPS) is 13.2. The van der Waals surface area contributed by atoms with Crippen LogP contribution in [0.5, 0.6) is 0 Å². The van der Waals surface area contributed by atoms with E-state index in [-0.39, 0.29) is 20.9 Å². The van der Waals surface area contributed by atoms with Crippen molar-refractivity contribution in [2.75, 3.05) is 0 Å². The average Bonchev–Trinajstić information content (AvgIpc) is 3.39. The Labute approximate surface area is 220 Å². The van der Waals surface area contributed by atoms with Crippen LogP contribution in [-0.2, 0) is 12.4 Å². The van der Waals surface area contributed by atoms with Gasteiger partial charge in [-0.05, 0) is 56.9 Å². The molecular formula is C25H29BrF6N4Si. The van der Waals surface area contributed by atoms with Crippen molar-refractivity contribution in [3.8, 4) is 0 Å². The van der Waals surface area contributed by atoms with Crippen molar-refractivity contribution in [1.82, 2.24) is 19.2 Å². The van der Waals surface area contributed by atoms with Crippen LogP contribution in [0.15, 0.2) is 47.5 Å². The summed E-state index contributed by atoms with van der Waals surface area (Å²) in [5, 5.41) is 0.283. The first-order chi connectivity index (χ1) is 17.0. The summed E-state index contributed by atoms with van der Waals surface area (Å²) in [5.74, 6) is 0. The fourth-order valence-electron chi connectivity index (χ4n) is 5.70. The third-order valence-corrected chi connectivity index (χ3v) is 14.3. The van der Waals surface area contributed by atoms with Gasteiger partial charge in [0.25, 0.3) is 0 Å². The number of H-pyrrole nitrogens is 1. The van der Waals surface area contributed by atoms with E-state index < -0.39 is 31.7 Å². The number of aromatic amines is 1. The minimum absolute atomic E-state index is 0.0444. The zero-order chi connectivity index (χ0) is 27.9. The van der Waals surface area contributed by atoms with Crippen LogP contribution in [0, 0.1) is 0 Å². The first kappa shape index (κ1) is 29.2. The molecular weight excluding hydrogens is 578 g/mol. The standard InChI is InChI=1S/C17H25F3N2Si.C8H4BrF3N2/c1-11(2)23(12(3)4,13(5)6)22-10-8-14-15(17(18,19)20)7-9-21-16(14)22;9-5-3-14-7-4(1-2-13-7)6(5)8(10,11)12/h7-13H,1-6H3;1-3H,(H,13,14). The molecule has 37 heavy (non-hydrogen) atoms.